The number of halogens is 2. The first kappa shape index (κ1) is 19.5. The summed E-state index contributed by atoms with van der Waals surface area (Å²) < 4.78 is 33.9. The number of ether oxygens (including phenoxy) is 1. The lowest BCUT2D eigenvalue weighted by Crippen LogP contribution is -2.38. The molecule has 0 aliphatic carbocycles. The Kier molecular flexibility index (Phi) is 6.27. The largest absolute Gasteiger partial charge is 0.477 e. The molecular weight excluding hydrogens is 306 g/mol. The van der Waals surface area contributed by atoms with Crippen LogP contribution in [-0.4, -0.2) is 33.1 Å². The third kappa shape index (κ3) is 4.50. The number of hydrogen-bond donors (Lipinski definition) is 1. The molecule has 2 heterocycles. The molecule has 1 atom stereocenters. The van der Waals surface area contributed by atoms with Crippen molar-refractivity contribution in [3.63, 3.8) is 0 Å². The van der Waals surface area contributed by atoms with Crippen molar-refractivity contribution in [2.75, 3.05) is 6.61 Å². The van der Waals surface area contributed by atoms with E-state index < -0.39 is 23.2 Å². The summed E-state index contributed by atoms with van der Waals surface area (Å²) >= 11 is 0. The van der Waals surface area contributed by atoms with Crippen LogP contribution in [0, 0.1) is 6.92 Å². The Balaban J connectivity index is 0.00000127. The van der Waals surface area contributed by atoms with Gasteiger partial charge in [0.25, 0.3) is 5.92 Å². The van der Waals surface area contributed by atoms with Gasteiger partial charge in [0, 0.05) is 19.1 Å². The molecule has 0 saturated carbocycles. The molecule has 2 rings (SSSR count). The van der Waals surface area contributed by atoms with E-state index in [1.165, 1.54) is 6.92 Å². The summed E-state index contributed by atoms with van der Waals surface area (Å²) in [5, 5.41) is 13.1. The van der Waals surface area contributed by atoms with Crippen LogP contribution in [0.5, 0.6) is 0 Å². The van der Waals surface area contributed by atoms with Crippen molar-refractivity contribution >= 4 is 5.97 Å². The summed E-state index contributed by atoms with van der Waals surface area (Å²) in [5.74, 6) is -4.43. The van der Waals surface area contributed by atoms with E-state index in [1.807, 2.05) is 20.8 Å². The zero-order valence-corrected chi connectivity index (χ0v) is 14.4. The van der Waals surface area contributed by atoms with Crippen LogP contribution < -0.4 is 0 Å². The summed E-state index contributed by atoms with van der Waals surface area (Å²) in [6.07, 6.45) is 2.68. The average molecular weight is 332 g/mol. The molecule has 23 heavy (non-hydrogen) atoms. The van der Waals surface area contributed by atoms with Crippen LogP contribution in [0.25, 0.3) is 0 Å². The van der Waals surface area contributed by atoms with E-state index in [0.717, 1.165) is 30.9 Å². The first-order valence-corrected chi connectivity index (χ1v) is 7.97. The minimum absolute atomic E-state index is 0.00871. The highest BCUT2D eigenvalue weighted by Gasteiger charge is 2.37. The Morgan fingerprint density at radius 3 is 2.48 bits per heavy atom. The molecule has 0 amide bonds. The highest BCUT2D eigenvalue weighted by Crippen LogP contribution is 2.32. The molecule has 0 bridgehead atoms. The smallest absolute Gasteiger partial charge is 0.354 e. The van der Waals surface area contributed by atoms with Crippen molar-refractivity contribution < 1.29 is 23.4 Å². The van der Waals surface area contributed by atoms with Crippen LogP contribution in [0.4, 0.5) is 8.78 Å². The van der Waals surface area contributed by atoms with Crippen LogP contribution >= 0.6 is 0 Å². The van der Waals surface area contributed by atoms with E-state index >= 15 is 0 Å². The van der Waals surface area contributed by atoms with Crippen LogP contribution in [0.3, 0.4) is 0 Å². The average Bonchev–Trinajstić information content (AvgIpc) is 2.77. The fraction of sp³-hybridized carbons (Fsp3) is 0.750. The zero-order valence-electron chi connectivity index (χ0n) is 14.4. The van der Waals surface area contributed by atoms with Crippen LogP contribution in [0.15, 0.2) is 0 Å². The number of carbonyl (C=O) groups is 1. The third-order valence-electron chi connectivity index (χ3n) is 3.84. The van der Waals surface area contributed by atoms with Crippen LogP contribution in [-0.2, 0) is 17.2 Å². The first-order chi connectivity index (χ1) is 10.6. The lowest BCUT2D eigenvalue weighted by Gasteiger charge is -2.34. The predicted octanol–water partition coefficient (Wildman–Crippen LogP) is 3.99. The standard InChI is InChI=1S/C14H20F2N2O3.C2H6/c1-9-10(12(19)20)18(17-11(9)14(3,15)16)8-13(2)6-4-5-7-21-13;1-2/h4-8H2,1-3H3,(H,19,20);1-2H3. The maximum atomic E-state index is 13.5. The molecule has 0 radical (unpaired) electrons. The summed E-state index contributed by atoms with van der Waals surface area (Å²) in [5.41, 5.74) is -1.24. The number of alkyl halides is 2. The Hall–Kier alpha value is -1.50. The van der Waals surface area contributed by atoms with Gasteiger partial charge < -0.3 is 9.84 Å². The number of hydrogen-bond acceptors (Lipinski definition) is 3. The van der Waals surface area contributed by atoms with E-state index in [0.29, 0.717) is 6.61 Å². The molecule has 1 unspecified atom stereocenters. The first-order valence-electron chi connectivity index (χ1n) is 7.97. The zero-order chi connectivity index (χ0) is 17.8. The second kappa shape index (κ2) is 7.38. The summed E-state index contributed by atoms with van der Waals surface area (Å²) in [6.45, 7) is 8.70. The van der Waals surface area contributed by atoms with Crippen molar-refractivity contribution in [1.82, 2.24) is 9.78 Å². The predicted molar refractivity (Wildman–Crippen MR) is 83.0 cm³/mol. The van der Waals surface area contributed by atoms with Gasteiger partial charge >= 0.3 is 5.97 Å². The molecule has 5 nitrogen and oxygen atoms in total. The fourth-order valence-corrected chi connectivity index (χ4v) is 2.79. The molecule has 1 fully saturated rings. The molecule has 1 saturated heterocycles. The maximum Gasteiger partial charge on any atom is 0.354 e. The minimum atomic E-state index is -3.17. The van der Waals surface area contributed by atoms with Gasteiger partial charge in [0.1, 0.15) is 11.4 Å². The summed E-state index contributed by atoms with van der Waals surface area (Å²) in [4.78, 5) is 11.4. The van der Waals surface area contributed by atoms with Crippen molar-refractivity contribution in [3.05, 3.63) is 17.0 Å². The number of nitrogens with zero attached hydrogens (tertiary/aromatic N) is 2. The van der Waals surface area contributed by atoms with Gasteiger partial charge in [0.15, 0.2) is 0 Å². The lowest BCUT2D eigenvalue weighted by atomic mass is 9.96. The van der Waals surface area contributed by atoms with Gasteiger partial charge in [-0.05, 0) is 33.1 Å². The second-order valence-electron chi connectivity index (χ2n) is 5.93. The quantitative estimate of drug-likeness (QED) is 0.905. The highest BCUT2D eigenvalue weighted by molar-refractivity contribution is 5.87. The molecule has 0 spiro atoms. The maximum absolute atomic E-state index is 13.5. The van der Waals surface area contributed by atoms with Gasteiger partial charge in [0.2, 0.25) is 0 Å². The van der Waals surface area contributed by atoms with Gasteiger partial charge in [-0.15, -0.1) is 0 Å². The molecule has 132 valence electrons. The molecule has 1 aliphatic heterocycles. The van der Waals surface area contributed by atoms with Crippen molar-refractivity contribution in [2.45, 2.75) is 71.9 Å². The van der Waals surface area contributed by atoms with Gasteiger partial charge in [-0.25, -0.2) is 4.79 Å². The number of carboxylic acid groups (broad SMARTS) is 1. The van der Waals surface area contributed by atoms with Crippen molar-refractivity contribution in [3.8, 4) is 0 Å². The molecule has 1 aromatic rings. The molecule has 1 aromatic heterocycles. The number of aromatic carboxylic acids is 1. The Morgan fingerprint density at radius 1 is 1.43 bits per heavy atom. The van der Waals surface area contributed by atoms with E-state index in [1.54, 1.807) is 0 Å². The SMILES string of the molecule is CC.Cc1c(C(C)(F)F)nn(CC2(C)CCCCO2)c1C(=O)O. The summed E-state index contributed by atoms with van der Waals surface area (Å²) in [6, 6.07) is 0. The lowest BCUT2D eigenvalue weighted by molar-refractivity contribution is -0.0779. The normalized spacial score (nSPS) is 21.5. The topological polar surface area (TPSA) is 64.4 Å². The molecular formula is C16H26F2N2O3. The number of carboxylic acids is 1. The van der Waals surface area contributed by atoms with Gasteiger partial charge in [-0.2, -0.15) is 13.9 Å². The number of aromatic nitrogens is 2. The third-order valence-corrected chi connectivity index (χ3v) is 3.84. The van der Waals surface area contributed by atoms with Gasteiger partial charge in [-0.1, -0.05) is 13.8 Å². The van der Waals surface area contributed by atoms with Crippen LogP contribution in [0.2, 0.25) is 0 Å². The van der Waals surface area contributed by atoms with Crippen LogP contribution in [0.1, 0.15) is 68.7 Å². The monoisotopic (exact) mass is 332 g/mol. The molecule has 0 aromatic carbocycles. The Labute approximate surface area is 135 Å². The van der Waals surface area contributed by atoms with Crippen molar-refractivity contribution in [2.24, 2.45) is 0 Å². The molecule has 1 aliphatic rings. The summed E-state index contributed by atoms with van der Waals surface area (Å²) in [7, 11) is 0. The van der Waals surface area contributed by atoms with Gasteiger partial charge in [-0.3, -0.25) is 4.68 Å². The Morgan fingerprint density at radius 2 is 2.04 bits per heavy atom. The fourth-order valence-electron chi connectivity index (χ4n) is 2.79. The molecule has 1 N–H and O–H groups in total. The molecule has 7 heteroatoms. The minimum Gasteiger partial charge on any atom is -0.477 e. The van der Waals surface area contributed by atoms with E-state index in [-0.39, 0.29) is 17.8 Å². The van der Waals surface area contributed by atoms with E-state index in [9.17, 15) is 18.7 Å². The van der Waals surface area contributed by atoms with Crippen molar-refractivity contribution in [1.29, 1.82) is 0 Å². The second-order valence-corrected chi connectivity index (χ2v) is 5.93. The van der Waals surface area contributed by atoms with Gasteiger partial charge in [0.05, 0.1) is 12.1 Å². The highest BCUT2D eigenvalue weighted by atomic mass is 19.3. The number of rotatable bonds is 4. The van der Waals surface area contributed by atoms with E-state index in [2.05, 4.69) is 5.10 Å². The Bertz CT molecular complexity index is 544. The van der Waals surface area contributed by atoms with E-state index in [4.69, 9.17) is 4.74 Å².